The van der Waals surface area contributed by atoms with Crippen molar-refractivity contribution in [3.8, 4) is 0 Å². The third-order valence-electron chi connectivity index (χ3n) is 5.30. The zero-order valence-electron chi connectivity index (χ0n) is 12.1. The molecular weight excluding hydrogens is 250 g/mol. The zero-order chi connectivity index (χ0) is 14.0. The van der Waals surface area contributed by atoms with Gasteiger partial charge in [0.15, 0.2) is 0 Å². The number of methoxy groups -OCH3 is 1. The second-order valence-electron chi connectivity index (χ2n) is 6.25. The van der Waals surface area contributed by atoms with Crippen LogP contribution in [0.1, 0.15) is 37.2 Å². The van der Waals surface area contributed by atoms with Gasteiger partial charge in [0.1, 0.15) is 0 Å². The van der Waals surface area contributed by atoms with Crippen LogP contribution >= 0.6 is 0 Å². The molecule has 1 atom stereocenters. The van der Waals surface area contributed by atoms with Gasteiger partial charge in [-0.25, -0.2) is 0 Å². The van der Waals surface area contributed by atoms with Gasteiger partial charge in [0.05, 0.1) is 13.0 Å². The number of esters is 1. The molecule has 1 saturated carbocycles. The van der Waals surface area contributed by atoms with E-state index in [9.17, 15) is 4.79 Å². The molecule has 1 aliphatic heterocycles. The first-order valence-electron chi connectivity index (χ1n) is 7.59. The molecule has 108 valence electrons. The summed E-state index contributed by atoms with van der Waals surface area (Å²) in [6.07, 6.45) is 4.61. The number of ether oxygens (including phenoxy) is 1. The van der Waals surface area contributed by atoms with E-state index in [-0.39, 0.29) is 17.3 Å². The SMILES string of the molecule is COC(=O)C1CNCC12CCC(c1ccccc1)CC2. The van der Waals surface area contributed by atoms with Gasteiger partial charge in [0, 0.05) is 13.1 Å². The lowest BCUT2D eigenvalue weighted by Crippen LogP contribution is -2.38. The van der Waals surface area contributed by atoms with Crippen molar-refractivity contribution in [2.24, 2.45) is 11.3 Å². The molecule has 1 unspecified atom stereocenters. The summed E-state index contributed by atoms with van der Waals surface area (Å²) in [6, 6.07) is 10.8. The molecule has 1 aromatic carbocycles. The van der Waals surface area contributed by atoms with Crippen LogP contribution < -0.4 is 5.32 Å². The molecule has 0 radical (unpaired) electrons. The number of rotatable bonds is 2. The van der Waals surface area contributed by atoms with Crippen molar-refractivity contribution in [2.75, 3.05) is 20.2 Å². The second kappa shape index (κ2) is 5.57. The number of benzene rings is 1. The van der Waals surface area contributed by atoms with Crippen LogP contribution in [0.15, 0.2) is 30.3 Å². The fraction of sp³-hybridized carbons (Fsp3) is 0.588. The minimum absolute atomic E-state index is 0.0341. The van der Waals surface area contributed by atoms with Crippen LogP contribution in [0.5, 0.6) is 0 Å². The van der Waals surface area contributed by atoms with Crippen LogP contribution in [0.4, 0.5) is 0 Å². The summed E-state index contributed by atoms with van der Waals surface area (Å²) in [5.41, 5.74) is 1.58. The predicted molar refractivity (Wildman–Crippen MR) is 78.5 cm³/mol. The van der Waals surface area contributed by atoms with Crippen molar-refractivity contribution in [1.82, 2.24) is 5.32 Å². The second-order valence-corrected chi connectivity index (χ2v) is 6.25. The fourth-order valence-electron chi connectivity index (χ4n) is 4.06. The molecule has 3 rings (SSSR count). The highest BCUT2D eigenvalue weighted by Gasteiger charge is 2.48. The summed E-state index contributed by atoms with van der Waals surface area (Å²) in [7, 11) is 1.50. The van der Waals surface area contributed by atoms with Crippen molar-refractivity contribution in [1.29, 1.82) is 0 Å². The first kappa shape index (κ1) is 13.6. The van der Waals surface area contributed by atoms with Gasteiger partial charge in [-0.05, 0) is 42.6 Å². The maximum absolute atomic E-state index is 12.0. The lowest BCUT2D eigenvalue weighted by Gasteiger charge is -2.40. The van der Waals surface area contributed by atoms with Crippen LogP contribution in [-0.2, 0) is 9.53 Å². The number of nitrogens with one attached hydrogen (secondary N) is 1. The Hall–Kier alpha value is -1.35. The molecule has 0 amide bonds. The Labute approximate surface area is 120 Å². The van der Waals surface area contributed by atoms with E-state index < -0.39 is 0 Å². The molecule has 1 heterocycles. The van der Waals surface area contributed by atoms with Crippen molar-refractivity contribution >= 4 is 5.97 Å². The topological polar surface area (TPSA) is 38.3 Å². The molecule has 3 nitrogen and oxygen atoms in total. The van der Waals surface area contributed by atoms with Crippen molar-refractivity contribution in [3.05, 3.63) is 35.9 Å². The molecule has 0 bridgehead atoms. The highest BCUT2D eigenvalue weighted by atomic mass is 16.5. The molecule has 1 saturated heterocycles. The van der Waals surface area contributed by atoms with Gasteiger partial charge in [0.2, 0.25) is 0 Å². The molecule has 1 aliphatic carbocycles. The van der Waals surface area contributed by atoms with Gasteiger partial charge >= 0.3 is 5.97 Å². The van der Waals surface area contributed by atoms with E-state index in [1.807, 2.05) is 0 Å². The van der Waals surface area contributed by atoms with E-state index in [4.69, 9.17) is 4.74 Å². The molecular formula is C17H23NO2. The van der Waals surface area contributed by atoms with Crippen molar-refractivity contribution in [3.63, 3.8) is 0 Å². The van der Waals surface area contributed by atoms with Crippen LogP contribution in [0.25, 0.3) is 0 Å². The summed E-state index contributed by atoms with van der Waals surface area (Å²) < 4.78 is 4.99. The number of carbonyl (C=O) groups excluding carboxylic acids is 1. The van der Waals surface area contributed by atoms with Gasteiger partial charge in [-0.3, -0.25) is 4.79 Å². The number of hydrogen-bond acceptors (Lipinski definition) is 3. The smallest absolute Gasteiger partial charge is 0.310 e. The fourth-order valence-corrected chi connectivity index (χ4v) is 4.06. The Morgan fingerprint density at radius 3 is 2.60 bits per heavy atom. The molecule has 0 aromatic heterocycles. The standard InChI is InChI=1S/C17H23NO2/c1-20-16(19)15-11-18-12-17(15)9-7-14(8-10-17)13-5-3-2-4-6-13/h2-6,14-15,18H,7-12H2,1H3. The largest absolute Gasteiger partial charge is 0.469 e. The number of hydrogen-bond donors (Lipinski definition) is 1. The van der Waals surface area contributed by atoms with Gasteiger partial charge < -0.3 is 10.1 Å². The molecule has 2 aliphatic rings. The Balaban J connectivity index is 1.70. The van der Waals surface area contributed by atoms with Gasteiger partial charge in [-0.2, -0.15) is 0 Å². The quantitative estimate of drug-likeness (QED) is 0.842. The average Bonchev–Trinajstić information content (AvgIpc) is 2.91. The molecule has 1 N–H and O–H groups in total. The third-order valence-corrected chi connectivity index (χ3v) is 5.30. The summed E-state index contributed by atoms with van der Waals surface area (Å²) in [6.45, 7) is 1.75. The highest BCUT2D eigenvalue weighted by Crippen LogP contribution is 2.49. The van der Waals surface area contributed by atoms with Gasteiger partial charge in [-0.1, -0.05) is 30.3 Å². The van der Waals surface area contributed by atoms with E-state index in [2.05, 4.69) is 35.6 Å². The van der Waals surface area contributed by atoms with E-state index in [0.29, 0.717) is 5.92 Å². The van der Waals surface area contributed by atoms with Crippen LogP contribution in [0.3, 0.4) is 0 Å². The summed E-state index contributed by atoms with van der Waals surface area (Å²) >= 11 is 0. The van der Waals surface area contributed by atoms with Crippen LogP contribution in [0.2, 0.25) is 0 Å². The first-order valence-corrected chi connectivity index (χ1v) is 7.59. The van der Waals surface area contributed by atoms with Gasteiger partial charge in [-0.15, -0.1) is 0 Å². The van der Waals surface area contributed by atoms with E-state index in [0.717, 1.165) is 25.9 Å². The Bertz CT molecular complexity index is 463. The maximum atomic E-state index is 12.0. The van der Waals surface area contributed by atoms with Gasteiger partial charge in [0.25, 0.3) is 0 Å². The first-order chi connectivity index (χ1) is 9.75. The van der Waals surface area contributed by atoms with Crippen LogP contribution in [-0.4, -0.2) is 26.2 Å². The van der Waals surface area contributed by atoms with Crippen molar-refractivity contribution in [2.45, 2.75) is 31.6 Å². The Kier molecular flexibility index (Phi) is 3.79. The zero-order valence-corrected chi connectivity index (χ0v) is 12.1. The van der Waals surface area contributed by atoms with Crippen molar-refractivity contribution < 1.29 is 9.53 Å². The minimum Gasteiger partial charge on any atom is -0.469 e. The van der Waals surface area contributed by atoms with E-state index >= 15 is 0 Å². The third kappa shape index (κ3) is 2.35. The maximum Gasteiger partial charge on any atom is 0.310 e. The molecule has 1 spiro atoms. The number of carbonyl (C=O) groups is 1. The molecule has 2 fully saturated rings. The summed E-state index contributed by atoms with van der Waals surface area (Å²) in [5.74, 6) is 0.665. The molecule has 3 heteroatoms. The minimum atomic E-state index is -0.0341. The Morgan fingerprint density at radius 2 is 1.95 bits per heavy atom. The lowest BCUT2D eigenvalue weighted by atomic mass is 9.64. The van der Waals surface area contributed by atoms with E-state index in [1.165, 1.54) is 25.5 Å². The highest BCUT2D eigenvalue weighted by molar-refractivity contribution is 5.74. The monoisotopic (exact) mass is 273 g/mol. The lowest BCUT2D eigenvalue weighted by molar-refractivity contribution is -0.149. The molecule has 20 heavy (non-hydrogen) atoms. The predicted octanol–water partition coefficient (Wildman–Crippen LogP) is 2.72. The molecule has 1 aromatic rings. The normalized spacial score (nSPS) is 33.2. The van der Waals surface area contributed by atoms with E-state index in [1.54, 1.807) is 0 Å². The summed E-state index contributed by atoms with van der Waals surface area (Å²) in [4.78, 5) is 12.0. The average molecular weight is 273 g/mol. The van der Waals surface area contributed by atoms with Crippen LogP contribution in [0, 0.1) is 11.3 Å². The summed E-state index contributed by atoms with van der Waals surface area (Å²) in [5, 5.41) is 3.40. The Morgan fingerprint density at radius 1 is 1.25 bits per heavy atom.